The van der Waals surface area contributed by atoms with Crippen molar-refractivity contribution in [3.63, 3.8) is 0 Å². The second-order valence-electron chi connectivity index (χ2n) is 7.01. The number of nitrogens with zero attached hydrogens (tertiary/aromatic N) is 3. The number of rotatable bonds is 3. The van der Waals surface area contributed by atoms with Gasteiger partial charge in [-0.25, -0.2) is 23.9 Å². The molecule has 1 saturated heterocycles. The summed E-state index contributed by atoms with van der Waals surface area (Å²) in [5, 5.41) is 4.44. The maximum Gasteiger partial charge on any atom is 0.418 e. The van der Waals surface area contributed by atoms with Crippen LogP contribution in [0.3, 0.4) is 0 Å². The first-order valence-electron chi connectivity index (χ1n) is 9.16. The van der Waals surface area contributed by atoms with Crippen LogP contribution in [0.15, 0.2) is 53.5 Å². The maximum absolute atomic E-state index is 14.0. The molecule has 31 heavy (non-hydrogen) atoms. The lowest BCUT2D eigenvalue weighted by Crippen LogP contribution is -2.46. The molecule has 0 saturated carbocycles. The zero-order valence-electron chi connectivity index (χ0n) is 16.0. The number of thiazole rings is 1. The van der Waals surface area contributed by atoms with E-state index in [1.54, 1.807) is 16.8 Å². The largest absolute Gasteiger partial charge is 0.443 e. The molecule has 3 heterocycles. The number of hydrogen-bond donors (Lipinski definition) is 1. The van der Waals surface area contributed by atoms with Crippen molar-refractivity contribution >= 4 is 28.4 Å². The van der Waals surface area contributed by atoms with E-state index in [0.29, 0.717) is 11.8 Å². The Morgan fingerprint density at radius 2 is 2.16 bits per heavy atom. The maximum atomic E-state index is 14.0. The molecule has 2 aliphatic rings. The van der Waals surface area contributed by atoms with E-state index >= 15 is 0 Å². The molecule has 4 rings (SSSR count). The van der Waals surface area contributed by atoms with Gasteiger partial charge in [0.2, 0.25) is 0 Å². The lowest BCUT2D eigenvalue weighted by Gasteiger charge is -2.22. The van der Waals surface area contributed by atoms with Gasteiger partial charge in [-0.2, -0.15) is 13.2 Å². The average molecular weight is 456 g/mol. The Labute approximate surface area is 177 Å². The molecule has 2 aromatic rings. The highest BCUT2D eigenvalue weighted by molar-refractivity contribution is 7.15. The molecule has 12 heteroatoms. The van der Waals surface area contributed by atoms with Crippen LogP contribution in [-0.4, -0.2) is 44.7 Å². The standard InChI is InChI=1S/C19H16F4N4O3S/c1-10-15(11-2-3-12(19(21,22)23)7-13(20)6-11)30-18(29)27(10)16(28)24-8-14-9-25-17-26(14)4-5-31-17/h2-7,9-11,15H,8H2,1H3,(H,24,28)/t10-,11?,15-/m0/s1. The number of allylic oxidation sites excluding steroid dienone is 4. The number of amides is 3. The number of ether oxygens (including phenoxy) is 1. The van der Waals surface area contributed by atoms with Crippen LogP contribution in [-0.2, 0) is 11.3 Å². The Balaban J connectivity index is 1.46. The number of imidazole rings is 1. The summed E-state index contributed by atoms with van der Waals surface area (Å²) in [5.41, 5.74) is -0.459. The predicted octanol–water partition coefficient (Wildman–Crippen LogP) is 4.34. The Kier molecular flexibility index (Phi) is 5.33. The topological polar surface area (TPSA) is 75.9 Å². The fraction of sp³-hybridized carbons (Fsp3) is 0.316. The predicted molar refractivity (Wildman–Crippen MR) is 103 cm³/mol. The van der Waals surface area contributed by atoms with Crippen molar-refractivity contribution in [2.24, 2.45) is 5.92 Å². The molecule has 1 fully saturated rings. The SMILES string of the molecule is C[C@H]1[C@@H](C2C=CC(C(F)(F)F)=CC(F)=C2)OC(=O)N1C(=O)NCc1cnc2sccn12. The fourth-order valence-corrected chi connectivity index (χ4v) is 4.20. The van der Waals surface area contributed by atoms with E-state index < -0.39 is 47.8 Å². The van der Waals surface area contributed by atoms with Crippen LogP contribution in [0.1, 0.15) is 12.6 Å². The summed E-state index contributed by atoms with van der Waals surface area (Å²) in [6.45, 7) is 1.60. The highest BCUT2D eigenvalue weighted by atomic mass is 32.1. The highest BCUT2D eigenvalue weighted by Gasteiger charge is 2.46. The van der Waals surface area contributed by atoms with Crippen LogP contribution in [0.2, 0.25) is 0 Å². The van der Waals surface area contributed by atoms with Gasteiger partial charge in [-0.1, -0.05) is 12.2 Å². The number of fused-ring (bicyclic) bond motifs is 1. The quantitative estimate of drug-likeness (QED) is 0.698. The first-order valence-corrected chi connectivity index (χ1v) is 10.0. The van der Waals surface area contributed by atoms with Crippen LogP contribution in [0.5, 0.6) is 0 Å². The van der Waals surface area contributed by atoms with Crippen molar-refractivity contribution in [2.75, 3.05) is 0 Å². The van der Waals surface area contributed by atoms with Crippen molar-refractivity contribution in [3.8, 4) is 0 Å². The van der Waals surface area contributed by atoms with Crippen LogP contribution in [0.4, 0.5) is 27.2 Å². The molecule has 3 amide bonds. The van der Waals surface area contributed by atoms with Gasteiger partial charge >= 0.3 is 18.3 Å². The molecule has 0 bridgehead atoms. The van der Waals surface area contributed by atoms with Gasteiger partial charge in [0, 0.05) is 17.5 Å². The second kappa shape index (κ2) is 7.84. The molecule has 0 radical (unpaired) electrons. The zero-order valence-corrected chi connectivity index (χ0v) is 16.8. The van der Waals surface area contributed by atoms with E-state index in [1.165, 1.54) is 18.3 Å². The summed E-state index contributed by atoms with van der Waals surface area (Å²) in [7, 11) is 0. The zero-order chi connectivity index (χ0) is 22.3. The van der Waals surface area contributed by atoms with Crippen LogP contribution >= 0.6 is 11.3 Å². The Morgan fingerprint density at radius 1 is 1.39 bits per heavy atom. The van der Waals surface area contributed by atoms with Crippen LogP contribution in [0.25, 0.3) is 4.96 Å². The molecule has 0 spiro atoms. The fourth-order valence-electron chi connectivity index (χ4n) is 3.49. The molecule has 2 aromatic heterocycles. The normalized spacial score (nSPS) is 24.1. The molecule has 1 aliphatic carbocycles. The number of alkyl halides is 3. The van der Waals surface area contributed by atoms with Gasteiger partial charge in [0.25, 0.3) is 0 Å². The van der Waals surface area contributed by atoms with Crippen molar-refractivity contribution in [1.29, 1.82) is 0 Å². The minimum absolute atomic E-state index is 0.0919. The lowest BCUT2D eigenvalue weighted by atomic mass is 9.96. The minimum Gasteiger partial charge on any atom is -0.443 e. The van der Waals surface area contributed by atoms with E-state index in [1.807, 2.05) is 5.38 Å². The number of nitrogens with one attached hydrogen (secondary N) is 1. The van der Waals surface area contributed by atoms with Gasteiger partial charge in [-0.05, 0) is 19.1 Å². The van der Waals surface area contributed by atoms with Crippen molar-refractivity contribution in [1.82, 2.24) is 19.6 Å². The lowest BCUT2D eigenvalue weighted by molar-refractivity contribution is -0.0883. The summed E-state index contributed by atoms with van der Waals surface area (Å²) in [6, 6.07) is -1.58. The van der Waals surface area contributed by atoms with Gasteiger partial charge in [-0.3, -0.25) is 4.40 Å². The van der Waals surface area contributed by atoms with Crippen molar-refractivity contribution in [3.05, 3.63) is 59.2 Å². The van der Waals surface area contributed by atoms with E-state index in [2.05, 4.69) is 10.3 Å². The first kappa shape index (κ1) is 21.1. The number of carbonyl (C=O) groups is 2. The molecule has 164 valence electrons. The number of aromatic nitrogens is 2. The Morgan fingerprint density at radius 3 is 2.90 bits per heavy atom. The molecule has 1 unspecified atom stereocenters. The van der Waals surface area contributed by atoms with E-state index in [-0.39, 0.29) is 6.54 Å². The minimum atomic E-state index is -4.72. The molecule has 3 atom stereocenters. The van der Waals surface area contributed by atoms with Gasteiger partial charge in [0.05, 0.1) is 30.1 Å². The monoisotopic (exact) mass is 456 g/mol. The van der Waals surface area contributed by atoms with Gasteiger partial charge in [0.15, 0.2) is 4.96 Å². The number of urea groups is 1. The summed E-state index contributed by atoms with van der Waals surface area (Å²) in [4.78, 5) is 30.7. The third-order valence-corrected chi connectivity index (χ3v) is 5.80. The number of imide groups is 1. The molecule has 1 aliphatic heterocycles. The van der Waals surface area contributed by atoms with E-state index in [4.69, 9.17) is 4.74 Å². The van der Waals surface area contributed by atoms with Gasteiger partial charge < -0.3 is 10.1 Å². The van der Waals surface area contributed by atoms with Crippen LogP contribution in [0, 0.1) is 5.92 Å². The number of cyclic esters (lactones) is 1. The second-order valence-corrected chi connectivity index (χ2v) is 7.88. The number of halogens is 4. The molecule has 7 nitrogen and oxygen atoms in total. The summed E-state index contributed by atoms with van der Waals surface area (Å²) >= 11 is 1.43. The Hall–Kier alpha value is -3.15. The number of carbonyl (C=O) groups excluding carboxylic acids is 2. The molecular formula is C19H16F4N4O3S. The third kappa shape index (κ3) is 4.07. The Bertz CT molecular complexity index is 1120. The van der Waals surface area contributed by atoms with Crippen LogP contribution < -0.4 is 5.32 Å². The summed E-state index contributed by atoms with van der Waals surface area (Å²) < 4.78 is 59.7. The molecule has 1 N–H and O–H groups in total. The third-order valence-electron chi connectivity index (χ3n) is 5.03. The van der Waals surface area contributed by atoms with Gasteiger partial charge in [0.1, 0.15) is 11.9 Å². The average Bonchev–Trinajstić information content (AvgIpc) is 3.32. The highest BCUT2D eigenvalue weighted by Crippen LogP contribution is 2.34. The van der Waals surface area contributed by atoms with E-state index in [0.717, 1.165) is 28.1 Å². The van der Waals surface area contributed by atoms with Crippen molar-refractivity contribution < 1.29 is 31.9 Å². The smallest absolute Gasteiger partial charge is 0.418 e. The van der Waals surface area contributed by atoms with Gasteiger partial charge in [-0.15, -0.1) is 11.3 Å². The van der Waals surface area contributed by atoms with Crippen molar-refractivity contribution in [2.45, 2.75) is 31.8 Å². The first-order chi connectivity index (χ1) is 14.6. The summed E-state index contributed by atoms with van der Waals surface area (Å²) in [5.74, 6) is -2.08. The molecular weight excluding hydrogens is 440 g/mol. The number of hydrogen-bond acceptors (Lipinski definition) is 5. The van der Waals surface area contributed by atoms with E-state index in [9.17, 15) is 27.2 Å². The molecule has 0 aromatic carbocycles. The summed E-state index contributed by atoms with van der Waals surface area (Å²) in [6.07, 6.45) is -0.176.